The lowest BCUT2D eigenvalue weighted by Crippen LogP contribution is -2.25. The Labute approximate surface area is 459 Å². The molecule has 4 aromatic rings. The Balaban J connectivity index is 0.772. The number of nitrogens with one attached hydrogen (secondary N) is 3. The number of nitrogens with two attached hydrogens (primary N) is 1. The molecule has 11 N–H and O–H groups in total. The number of hydrogen-bond donors (Lipinski definition) is 10. The number of unbranched alkanes of at least 4 members (excludes halogenated alkanes) is 4. The van der Waals surface area contributed by atoms with Crippen LogP contribution in [0.3, 0.4) is 0 Å². The van der Waals surface area contributed by atoms with E-state index in [9.17, 15) is 67.1 Å². The van der Waals surface area contributed by atoms with Gasteiger partial charge in [-0.2, -0.15) is 12.9 Å². The van der Waals surface area contributed by atoms with Gasteiger partial charge in [-0.25, -0.2) is 33.0 Å². The molecule has 81 heavy (non-hydrogen) atoms. The minimum absolute atomic E-state index is 0.0143. The Morgan fingerprint density at radius 1 is 0.790 bits per heavy atom. The highest BCUT2D eigenvalue weighted by molar-refractivity contribution is 7.69. The summed E-state index contributed by atoms with van der Waals surface area (Å²) in [6, 6.07) is 12.9. The minimum Gasteiger partial charge on any atom is -0.508 e. The summed E-state index contributed by atoms with van der Waals surface area (Å²) in [5.74, 6) is 3.88. The number of aromatic hydroxyl groups is 1. The van der Waals surface area contributed by atoms with Gasteiger partial charge in [0.15, 0.2) is 5.43 Å². The maximum absolute atomic E-state index is 13.1. The number of aromatic nitrogens is 3. The van der Waals surface area contributed by atoms with E-state index in [2.05, 4.69) is 55.2 Å². The zero-order chi connectivity index (χ0) is 58.7. The molecule has 4 unspecified atom stereocenters. The van der Waals surface area contributed by atoms with E-state index in [0.717, 1.165) is 0 Å². The number of phenols is 1. The van der Waals surface area contributed by atoms with Crippen LogP contribution in [0.1, 0.15) is 96.7 Å². The van der Waals surface area contributed by atoms with E-state index in [1.54, 1.807) is 16.8 Å². The van der Waals surface area contributed by atoms with Crippen molar-refractivity contribution in [3.63, 3.8) is 0 Å². The van der Waals surface area contributed by atoms with Crippen molar-refractivity contribution in [1.29, 1.82) is 0 Å². The van der Waals surface area contributed by atoms with Crippen LogP contribution in [0.15, 0.2) is 76.3 Å². The number of benzene rings is 3. The number of aromatic carboxylic acids is 1. The van der Waals surface area contributed by atoms with Gasteiger partial charge in [0.25, 0.3) is 5.91 Å². The van der Waals surface area contributed by atoms with Crippen molar-refractivity contribution in [3.8, 4) is 40.0 Å². The van der Waals surface area contributed by atoms with Crippen molar-refractivity contribution in [2.75, 3.05) is 39.1 Å². The summed E-state index contributed by atoms with van der Waals surface area (Å²) >= 11 is 0. The van der Waals surface area contributed by atoms with Crippen molar-refractivity contribution in [1.82, 2.24) is 30.5 Å². The molecule has 0 spiro atoms. The van der Waals surface area contributed by atoms with Gasteiger partial charge in [-0.05, 0) is 80.5 Å². The molecule has 3 amide bonds. The summed E-state index contributed by atoms with van der Waals surface area (Å²) in [7, 11) is -21.9. The lowest BCUT2D eigenvalue weighted by molar-refractivity contribution is -0.122. The summed E-state index contributed by atoms with van der Waals surface area (Å²) in [6.45, 7) is -0.00151. The third kappa shape index (κ3) is 17.2. The molecular formula is C48H55N7O22P4. The fraction of sp³-hybridized carbons (Fsp3) is 0.354. The summed E-state index contributed by atoms with van der Waals surface area (Å²) < 4.78 is 81.3. The second kappa shape index (κ2) is 26.9. The Morgan fingerprint density at radius 2 is 1.46 bits per heavy atom. The van der Waals surface area contributed by atoms with Crippen LogP contribution < -0.4 is 27.1 Å². The zero-order valence-electron chi connectivity index (χ0n) is 42.8. The largest absolute Gasteiger partial charge is 0.508 e. The number of carbonyl (C=O) groups excluding carboxylic acids is 3. The molecule has 0 saturated carbocycles. The van der Waals surface area contributed by atoms with Crippen molar-refractivity contribution in [2.45, 2.75) is 76.5 Å². The van der Waals surface area contributed by atoms with E-state index >= 15 is 0 Å². The summed E-state index contributed by atoms with van der Waals surface area (Å²) in [5.41, 5.74) is 7.97. The lowest BCUT2D eigenvalue weighted by atomic mass is 9.90. The van der Waals surface area contributed by atoms with Crippen molar-refractivity contribution in [2.24, 2.45) is 0 Å². The van der Waals surface area contributed by atoms with Crippen molar-refractivity contribution < 1.29 is 98.4 Å². The number of hydrogen-bond acceptors (Lipinski definition) is 20. The van der Waals surface area contributed by atoms with Gasteiger partial charge in [-0.3, -0.25) is 28.2 Å². The number of phosphoric ester groups is 2. The summed E-state index contributed by atoms with van der Waals surface area (Å²) in [4.78, 5) is 109. The number of nitrogens with zero attached hydrogens (tertiary/aromatic N) is 3. The van der Waals surface area contributed by atoms with Crippen LogP contribution in [0.4, 0.5) is 5.82 Å². The lowest BCUT2D eigenvalue weighted by Gasteiger charge is -2.20. The molecule has 29 nitrogen and oxygen atoms in total. The van der Waals surface area contributed by atoms with E-state index in [1.165, 1.54) is 54.9 Å². The first kappa shape index (κ1) is 61.9. The second-order valence-electron chi connectivity index (χ2n) is 18.0. The number of amides is 3. The molecule has 0 bridgehead atoms. The number of phenolic OH excluding ortho intramolecular Hbond substituents is 1. The molecule has 434 valence electrons. The van der Waals surface area contributed by atoms with E-state index in [4.69, 9.17) is 24.3 Å². The average molecular weight is 1210 g/mol. The molecule has 33 heteroatoms. The third-order valence-corrected chi connectivity index (χ3v) is 18.0. The highest BCUT2D eigenvalue weighted by Gasteiger charge is 2.46. The number of nitrogen functional groups attached to an aromatic ring is 1. The number of anilines is 1. The van der Waals surface area contributed by atoms with Crippen LogP contribution in [0.5, 0.6) is 5.75 Å². The number of fused-ring (bicyclic) bond motifs is 3. The normalized spacial score (nSPS) is 17.3. The maximum atomic E-state index is 13.1. The minimum atomic E-state index is -5.94. The van der Waals surface area contributed by atoms with Gasteiger partial charge in [0, 0.05) is 73.4 Å². The first-order chi connectivity index (χ1) is 38.3. The molecule has 6 atom stereocenters. The van der Waals surface area contributed by atoms with Crippen LogP contribution in [0.2, 0.25) is 0 Å². The van der Waals surface area contributed by atoms with Crippen LogP contribution in [-0.4, -0.2) is 107 Å². The SMILES string of the molecule is COP(=O)(O)OP(=O)(O)OP(=O)(O)OP(=O)(O)OC[C@@H]1CC[C@H](n2cc(C#CCNC(=O)CCCCCNC(=O)CCCCCNC(=O)c3ccc(-c4c5ccc(=O)cc-5oc5cc(O)ccc45)c(C(=O)O)c3)c3c(N)ncnc32)O1. The highest BCUT2D eigenvalue weighted by atomic mass is 31.3. The number of ether oxygens (including phenoxy) is 1. The van der Waals surface area contributed by atoms with E-state index in [0.29, 0.717) is 91.7 Å². The topological polar surface area (TPSA) is 436 Å². The van der Waals surface area contributed by atoms with Crippen LogP contribution in [0.25, 0.3) is 44.5 Å². The van der Waals surface area contributed by atoms with Crippen LogP contribution >= 0.6 is 31.3 Å². The van der Waals surface area contributed by atoms with Gasteiger partial charge in [0.05, 0.1) is 35.8 Å². The van der Waals surface area contributed by atoms with E-state index in [1.807, 2.05) is 0 Å². The van der Waals surface area contributed by atoms with E-state index in [-0.39, 0.29) is 89.2 Å². The van der Waals surface area contributed by atoms with Gasteiger partial charge in [0.2, 0.25) is 11.8 Å². The second-order valence-corrected chi connectivity index (χ2v) is 24.3. The molecule has 0 radical (unpaired) electrons. The predicted octanol–water partition coefficient (Wildman–Crippen LogP) is 6.22. The fourth-order valence-electron chi connectivity index (χ4n) is 8.49. The first-order valence-corrected chi connectivity index (χ1v) is 30.6. The first-order valence-electron chi connectivity index (χ1n) is 24.6. The fourth-order valence-corrected chi connectivity index (χ4v) is 13.2. The zero-order valence-corrected chi connectivity index (χ0v) is 46.4. The van der Waals surface area contributed by atoms with Gasteiger partial charge in [-0.1, -0.05) is 30.7 Å². The molecule has 7 rings (SSSR count). The Hall–Kier alpha value is -6.69. The monoisotopic (exact) mass is 1210 g/mol. The number of carboxylic acids is 1. The highest BCUT2D eigenvalue weighted by Crippen LogP contribution is 2.71. The summed E-state index contributed by atoms with van der Waals surface area (Å²) in [6.07, 6.45) is 5.78. The number of carbonyl (C=O) groups is 4. The number of phosphoric acid groups is 4. The maximum Gasteiger partial charge on any atom is 0.490 e. The van der Waals surface area contributed by atoms with Crippen molar-refractivity contribution in [3.05, 3.63) is 94.0 Å². The molecule has 3 aliphatic rings. The molecule has 2 aliphatic heterocycles. The number of carboxylic acid groups (broad SMARTS) is 1. The van der Waals surface area contributed by atoms with Gasteiger partial charge in [0.1, 0.15) is 41.1 Å². The Morgan fingerprint density at radius 3 is 2.16 bits per heavy atom. The summed E-state index contributed by atoms with van der Waals surface area (Å²) in [5, 5.41) is 29.6. The van der Waals surface area contributed by atoms with Gasteiger partial charge < -0.3 is 65.2 Å². The molecule has 1 saturated heterocycles. The Kier molecular flexibility index (Phi) is 20.6. The van der Waals surface area contributed by atoms with Gasteiger partial charge in [-0.15, -0.1) is 0 Å². The standard InChI is InChI=1S/C48H55N7O22P4/c1-71-78(63,64)75-80(67,68)77-81(69,70)76-79(65,66)72-27-33-15-19-42(73-33)55-26-30(43-45(49)53-28-54-46(43)55)9-8-22-51-41(59)11-4-2-6-20-50-40(58)10-5-3-7-21-52-47(60)29-12-16-34(37(23-29)48(61)62)44-35-17-13-31(56)24-38(35)74-39-25-32(57)14-18-36(39)44/h12-14,16-18,23-26,28,33,42,56H,2-7,10-11,15,19-22,27H2,1H3,(H,50,58)(H,51,59)(H,52,60)(H,61,62)(H,63,64)(H,65,66)(H,67,68)(H,69,70)(H2,49,53,54)/t33-,42+/m0/s1. The molecule has 2 aromatic heterocycles. The predicted molar refractivity (Wildman–Crippen MR) is 286 cm³/mol. The Bertz CT molecular complexity index is 3640. The average Bonchev–Trinajstić information content (AvgIpc) is 4.15. The molecular weight excluding hydrogens is 1150 g/mol. The molecule has 4 heterocycles. The number of rotatable bonds is 27. The van der Waals surface area contributed by atoms with Gasteiger partial charge >= 0.3 is 37.3 Å². The van der Waals surface area contributed by atoms with Crippen LogP contribution in [-0.2, 0) is 54.6 Å². The quantitative estimate of drug-likeness (QED) is 0.0118. The molecule has 1 fully saturated rings. The third-order valence-electron chi connectivity index (χ3n) is 12.1. The van der Waals surface area contributed by atoms with Crippen molar-refractivity contribution >= 4 is 82.8 Å². The molecule has 1 aliphatic carbocycles. The van der Waals surface area contributed by atoms with Crippen LogP contribution in [0, 0.1) is 11.8 Å². The van der Waals surface area contributed by atoms with E-state index < -0.39 is 62.1 Å². The smallest absolute Gasteiger partial charge is 0.490 e. The molecule has 2 aromatic carbocycles.